The molecule has 3 rings (SSSR count). The zero-order valence-electron chi connectivity index (χ0n) is 10.2. The van der Waals surface area contributed by atoms with Crippen molar-refractivity contribution in [3.05, 3.63) is 22.5 Å². The summed E-state index contributed by atoms with van der Waals surface area (Å²) in [6.07, 6.45) is 10.1. The van der Waals surface area contributed by atoms with E-state index in [0.29, 0.717) is 0 Å². The molecule has 2 heteroatoms. The molecule has 0 atom stereocenters. The van der Waals surface area contributed by atoms with Crippen molar-refractivity contribution in [2.24, 2.45) is 5.73 Å². The molecule has 0 saturated heterocycles. The third-order valence-electron chi connectivity index (χ3n) is 4.39. The molecule has 0 amide bonds. The van der Waals surface area contributed by atoms with E-state index in [-0.39, 0.29) is 5.54 Å². The minimum absolute atomic E-state index is 0.200. The van der Waals surface area contributed by atoms with Crippen LogP contribution in [0, 0.1) is 6.92 Å². The van der Waals surface area contributed by atoms with Crippen molar-refractivity contribution < 1.29 is 0 Å². The van der Waals surface area contributed by atoms with Crippen LogP contribution in [0.2, 0.25) is 0 Å². The summed E-state index contributed by atoms with van der Waals surface area (Å²) in [7, 11) is 0. The van der Waals surface area contributed by atoms with Gasteiger partial charge in [0, 0.05) is 16.9 Å². The van der Waals surface area contributed by atoms with Crippen LogP contribution in [-0.2, 0) is 19.3 Å². The quantitative estimate of drug-likeness (QED) is 0.804. The maximum Gasteiger partial charge on any atom is 0.0184 e. The highest BCUT2D eigenvalue weighted by Crippen LogP contribution is 2.38. The lowest BCUT2D eigenvalue weighted by Gasteiger charge is -2.14. The largest absolute Gasteiger partial charge is 0.362 e. The highest BCUT2D eigenvalue weighted by atomic mass is 14.8. The standard InChI is InChI=1S/C14H22N2/c1-10-11(6-7-14(15)8-9-14)12-4-2-3-5-13(12)16-10/h16H,2-9,15H2,1H3. The lowest BCUT2D eigenvalue weighted by atomic mass is 9.92. The average molecular weight is 218 g/mol. The third kappa shape index (κ3) is 1.80. The first-order valence-electron chi connectivity index (χ1n) is 6.66. The molecular weight excluding hydrogens is 196 g/mol. The summed E-state index contributed by atoms with van der Waals surface area (Å²) in [6, 6.07) is 0. The molecule has 1 saturated carbocycles. The van der Waals surface area contributed by atoms with E-state index in [4.69, 9.17) is 5.73 Å². The molecule has 16 heavy (non-hydrogen) atoms. The van der Waals surface area contributed by atoms with Gasteiger partial charge in [0.25, 0.3) is 0 Å². The highest BCUT2D eigenvalue weighted by molar-refractivity contribution is 5.38. The number of fused-ring (bicyclic) bond motifs is 1. The maximum absolute atomic E-state index is 6.18. The molecule has 1 heterocycles. The number of aromatic amines is 1. The van der Waals surface area contributed by atoms with E-state index in [0.717, 1.165) is 0 Å². The second kappa shape index (κ2) is 3.63. The van der Waals surface area contributed by atoms with Gasteiger partial charge in [-0.3, -0.25) is 0 Å². The Morgan fingerprint density at radius 3 is 2.75 bits per heavy atom. The smallest absolute Gasteiger partial charge is 0.0184 e. The predicted octanol–water partition coefficient (Wildman–Crippen LogP) is 2.63. The van der Waals surface area contributed by atoms with Crippen LogP contribution in [0.1, 0.15) is 54.6 Å². The molecule has 1 fully saturated rings. The number of hydrogen-bond donors (Lipinski definition) is 2. The minimum atomic E-state index is 0.200. The Morgan fingerprint density at radius 1 is 1.25 bits per heavy atom. The Labute approximate surface area is 97.6 Å². The second-order valence-corrected chi connectivity index (χ2v) is 5.76. The summed E-state index contributed by atoms with van der Waals surface area (Å²) in [5.41, 5.74) is 12.5. The van der Waals surface area contributed by atoms with Crippen LogP contribution in [0.25, 0.3) is 0 Å². The van der Waals surface area contributed by atoms with Crippen molar-refractivity contribution in [2.45, 2.75) is 63.8 Å². The van der Waals surface area contributed by atoms with Crippen molar-refractivity contribution in [1.82, 2.24) is 4.98 Å². The number of H-pyrrole nitrogens is 1. The molecule has 2 aliphatic rings. The number of nitrogens with one attached hydrogen (secondary N) is 1. The number of rotatable bonds is 3. The van der Waals surface area contributed by atoms with Gasteiger partial charge in [-0.15, -0.1) is 0 Å². The minimum Gasteiger partial charge on any atom is -0.362 e. The molecule has 0 spiro atoms. The number of aryl methyl sites for hydroxylation is 2. The van der Waals surface area contributed by atoms with Crippen LogP contribution in [0.3, 0.4) is 0 Å². The lowest BCUT2D eigenvalue weighted by molar-refractivity contribution is 0.603. The summed E-state index contributed by atoms with van der Waals surface area (Å²) in [5, 5.41) is 0. The normalized spacial score (nSPS) is 21.9. The lowest BCUT2D eigenvalue weighted by Crippen LogP contribution is -2.22. The fourth-order valence-electron chi connectivity index (χ4n) is 3.03. The van der Waals surface area contributed by atoms with Gasteiger partial charge >= 0.3 is 0 Å². The molecular formula is C14H22N2. The molecule has 0 bridgehead atoms. The molecule has 88 valence electrons. The Morgan fingerprint density at radius 2 is 2.00 bits per heavy atom. The topological polar surface area (TPSA) is 41.8 Å². The SMILES string of the molecule is Cc1[nH]c2c(c1CCC1(N)CC1)CCCC2. The fourth-order valence-corrected chi connectivity index (χ4v) is 3.03. The molecule has 1 aromatic heterocycles. The molecule has 2 aliphatic carbocycles. The van der Waals surface area contributed by atoms with Gasteiger partial charge in [-0.25, -0.2) is 0 Å². The van der Waals surface area contributed by atoms with Crippen molar-refractivity contribution in [1.29, 1.82) is 0 Å². The number of nitrogens with two attached hydrogens (primary N) is 1. The van der Waals surface area contributed by atoms with Gasteiger partial charge in [0.2, 0.25) is 0 Å². The van der Waals surface area contributed by atoms with Crippen molar-refractivity contribution in [3.8, 4) is 0 Å². The van der Waals surface area contributed by atoms with Gasteiger partial charge in [-0.05, 0) is 69.4 Å². The Hall–Kier alpha value is -0.760. The highest BCUT2D eigenvalue weighted by Gasteiger charge is 2.37. The number of aromatic nitrogens is 1. The molecule has 0 unspecified atom stereocenters. The molecule has 0 aromatic carbocycles. The van der Waals surface area contributed by atoms with Crippen molar-refractivity contribution in [2.75, 3.05) is 0 Å². The summed E-state index contributed by atoms with van der Waals surface area (Å²) >= 11 is 0. The van der Waals surface area contributed by atoms with Gasteiger partial charge in [0.05, 0.1) is 0 Å². The summed E-state index contributed by atoms with van der Waals surface area (Å²) < 4.78 is 0. The zero-order chi connectivity index (χ0) is 11.2. The van der Waals surface area contributed by atoms with E-state index < -0.39 is 0 Å². The van der Waals surface area contributed by atoms with E-state index in [1.165, 1.54) is 62.8 Å². The van der Waals surface area contributed by atoms with Gasteiger partial charge in [-0.2, -0.15) is 0 Å². The Kier molecular flexibility index (Phi) is 2.36. The molecule has 0 aliphatic heterocycles. The van der Waals surface area contributed by atoms with Crippen LogP contribution >= 0.6 is 0 Å². The van der Waals surface area contributed by atoms with E-state index >= 15 is 0 Å². The maximum atomic E-state index is 6.18. The molecule has 0 radical (unpaired) electrons. The van der Waals surface area contributed by atoms with Crippen LogP contribution < -0.4 is 5.73 Å². The Balaban J connectivity index is 1.79. The van der Waals surface area contributed by atoms with Crippen molar-refractivity contribution in [3.63, 3.8) is 0 Å². The zero-order valence-corrected chi connectivity index (χ0v) is 10.2. The Bertz CT molecular complexity index is 399. The van der Waals surface area contributed by atoms with E-state index in [2.05, 4.69) is 11.9 Å². The van der Waals surface area contributed by atoms with E-state index in [1.807, 2.05) is 0 Å². The van der Waals surface area contributed by atoms with Crippen LogP contribution in [0.15, 0.2) is 0 Å². The summed E-state index contributed by atoms with van der Waals surface area (Å²) in [6.45, 7) is 2.23. The molecule has 3 N–H and O–H groups in total. The van der Waals surface area contributed by atoms with Crippen LogP contribution in [0.4, 0.5) is 0 Å². The number of hydrogen-bond acceptors (Lipinski definition) is 1. The summed E-state index contributed by atoms with van der Waals surface area (Å²) in [5.74, 6) is 0. The first kappa shape index (κ1) is 10.4. The summed E-state index contributed by atoms with van der Waals surface area (Å²) in [4.78, 5) is 3.58. The third-order valence-corrected chi connectivity index (χ3v) is 4.39. The van der Waals surface area contributed by atoms with Crippen LogP contribution in [-0.4, -0.2) is 10.5 Å². The van der Waals surface area contributed by atoms with Gasteiger partial charge in [0.15, 0.2) is 0 Å². The average Bonchev–Trinajstić information content (AvgIpc) is 2.91. The first-order chi connectivity index (χ1) is 7.68. The van der Waals surface area contributed by atoms with E-state index in [9.17, 15) is 0 Å². The van der Waals surface area contributed by atoms with Gasteiger partial charge < -0.3 is 10.7 Å². The van der Waals surface area contributed by atoms with Crippen LogP contribution in [0.5, 0.6) is 0 Å². The van der Waals surface area contributed by atoms with Crippen molar-refractivity contribution >= 4 is 0 Å². The first-order valence-corrected chi connectivity index (χ1v) is 6.66. The fraction of sp³-hybridized carbons (Fsp3) is 0.714. The molecule has 1 aromatic rings. The van der Waals surface area contributed by atoms with Gasteiger partial charge in [0.1, 0.15) is 0 Å². The van der Waals surface area contributed by atoms with Gasteiger partial charge in [-0.1, -0.05) is 0 Å². The monoisotopic (exact) mass is 218 g/mol. The predicted molar refractivity (Wildman–Crippen MR) is 66.6 cm³/mol. The molecule has 2 nitrogen and oxygen atoms in total. The second-order valence-electron chi connectivity index (χ2n) is 5.76. The van der Waals surface area contributed by atoms with E-state index in [1.54, 1.807) is 11.1 Å².